The van der Waals surface area contributed by atoms with Crippen LogP contribution in [0.4, 0.5) is 11.4 Å². The van der Waals surface area contributed by atoms with E-state index in [2.05, 4.69) is 15.6 Å². The number of nitrogens with one attached hydrogen (secondary N) is 2. The molecule has 0 fully saturated rings. The Bertz CT molecular complexity index is 1090. The molecule has 0 saturated carbocycles. The Morgan fingerprint density at radius 3 is 2.11 bits per heavy atom. The van der Waals surface area contributed by atoms with Gasteiger partial charge in [-0.15, -0.1) is 0 Å². The van der Waals surface area contributed by atoms with E-state index in [1.54, 1.807) is 6.07 Å². The zero-order valence-corrected chi connectivity index (χ0v) is 15.9. The molecule has 3 aromatic rings. The van der Waals surface area contributed by atoms with Gasteiger partial charge in [0.25, 0.3) is 5.91 Å². The number of amides is 3. The second kappa shape index (κ2) is 7.55. The second-order valence-corrected chi connectivity index (χ2v) is 7.00. The van der Waals surface area contributed by atoms with Crippen molar-refractivity contribution in [2.75, 3.05) is 10.6 Å². The van der Waals surface area contributed by atoms with E-state index in [0.717, 1.165) is 10.2 Å². The molecule has 0 saturated heterocycles. The molecule has 0 bridgehead atoms. The maximum Gasteiger partial charge on any atom is 0.279 e. The number of nitrogens with zero attached hydrogens (tertiary/aromatic N) is 2. The van der Waals surface area contributed by atoms with Crippen molar-refractivity contribution in [2.45, 2.75) is 13.8 Å². The van der Waals surface area contributed by atoms with Crippen LogP contribution in [0.1, 0.15) is 24.2 Å². The maximum atomic E-state index is 12.7. The standard InChI is InChI=1S/C19H18N4O3S/c1-11(24)20-14-8-13(9-15(10-14)21-12(2)25)18(26)22-19-23(3)16-6-4-5-7-17(16)27-19/h4-10H,1-3H3,(H,20,24)(H,21,25). The van der Waals surface area contributed by atoms with Gasteiger partial charge >= 0.3 is 0 Å². The van der Waals surface area contributed by atoms with Crippen LogP contribution in [0.3, 0.4) is 0 Å². The van der Waals surface area contributed by atoms with E-state index in [4.69, 9.17) is 0 Å². The molecule has 0 aliphatic heterocycles. The first-order valence-electron chi connectivity index (χ1n) is 8.17. The van der Waals surface area contributed by atoms with Gasteiger partial charge < -0.3 is 15.2 Å². The summed E-state index contributed by atoms with van der Waals surface area (Å²) < 4.78 is 2.88. The fraction of sp³-hybridized carbons (Fsp3) is 0.158. The molecule has 0 unspecified atom stereocenters. The monoisotopic (exact) mass is 382 g/mol. The number of benzene rings is 2. The number of aryl methyl sites for hydroxylation is 1. The summed E-state index contributed by atoms with van der Waals surface area (Å²) in [6.07, 6.45) is 0. The lowest BCUT2D eigenvalue weighted by atomic mass is 10.1. The quantitative estimate of drug-likeness (QED) is 0.729. The van der Waals surface area contributed by atoms with E-state index in [-0.39, 0.29) is 17.4 Å². The fourth-order valence-electron chi connectivity index (χ4n) is 2.64. The van der Waals surface area contributed by atoms with Gasteiger partial charge in [-0.3, -0.25) is 14.4 Å². The van der Waals surface area contributed by atoms with Crippen LogP contribution in [0, 0.1) is 0 Å². The number of thiazole rings is 1. The molecule has 0 atom stereocenters. The molecule has 0 aliphatic carbocycles. The minimum Gasteiger partial charge on any atom is -0.326 e. The number of anilines is 2. The number of carbonyl (C=O) groups excluding carboxylic acids is 3. The lowest BCUT2D eigenvalue weighted by Gasteiger charge is -2.08. The van der Waals surface area contributed by atoms with Gasteiger partial charge in [0.2, 0.25) is 11.8 Å². The zero-order chi connectivity index (χ0) is 19.6. The molecular weight excluding hydrogens is 364 g/mol. The minimum atomic E-state index is -0.462. The van der Waals surface area contributed by atoms with E-state index in [1.807, 2.05) is 35.9 Å². The highest BCUT2D eigenvalue weighted by Crippen LogP contribution is 2.21. The molecular formula is C19H18N4O3S. The Kier molecular flexibility index (Phi) is 5.18. The Labute approximate surface area is 159 Å². The number of para-hydroxylation sites is 1. The summed E-state index contributed by atoms with van der Waals surface area (Å²) in [5, 5.41) is 5.25. The first-order valence-corrected chi connectivity index (χ1v) is 8.99. The Balaban J connectivity index is 2.05. The average molecular weight is 382 g/mol. The lowest BCUT2D eigenvalue weighted by molar-refractivity contribution is -0.115. The summed E-state index contributed by atoms with van der Waals surface area (Å²) in [5.74, 6) is -1.02. The molecule has 1 heterocycles. The maximum absolute atomic E-state index is 12.7. The van der Waals surface area contributed by atoms with E-state index < -0.39 is 5.91 Å². The third-order valence-electron chi connectivity index (χ3n) is 3.73. The van der Waals surface area contributed by atoms with Crippen molar-refractivity contribution in [3.05, 3.63) is 52.8 Å². The van der Waals surface area contributed by atoms with Crippen molar-refractivity contribution in [1.82, 2.24) is 4.57 Å². The number of hydrogen-bond acceptors (Lipinski definition) is 4. The highest BCUT2D eigenvalue weighted by molar-refractivity contribution is 7.16. The van der Waals surface area contributed by atoms with Gasteiger partial charge in [0.1, 0.15) is 0 Å². The van der Waals surface area contributed by atoms with E-state index in [9.17, 15) is 14.4 Å². The molecule has 138 valence electrons. The van der Waals surface area contributed by atoms with E-state index >= 15 is 0 Å². The Morgan fingerprint density at radius 1 is 0.963 bits per heavy atom. The van der Waals surface area contributed by atoms with Crippen molar-refractivity contribution >= 4 is 50.6 Å². The van der Waals surface area contributed by atoms with Gasteiger partial charge in [-0.1, -0.05) is 23.5 Å². The second-order valence-electron chi connectivity index (χ2n) is 5.99. The van der Waals surface area contributed by atoms with Crippen molar-refractivity contribution in [3.63, 3.8) is 0 Å². The van der Waals surface area contributed by atoms with Crippen LogP contribution in [0.5, 0.6) is 0 Å². The normalized spacial score (nSPS) is 11.4. The van der Waals surface area contributed by atoms with Crippen LogP contribution in [0.15, 0.2) is 47.5 Å². The average Bonchev–Trinajstić information content (AvgIpc) is 2.89. The van der Waals surface area contributed by atoms with Crippen LogP contribution < -0.4 is 15.4 Å². The third-order valence-corrected chi connectivity index (χ3v) is 4.85. The van der Waals surface area contributed by atoms with Crippen molar-refractivity contribution in [1.29, 1.82) is 0 Å². The first-order chi connectivity index (χ1) is 12.8. The van der Waals surface area contributed by atoms with E-state index in [1.165, 1.54) is 37.3 Å². The van der Waals surface area contributed by atoms with Crippen molar-refractivity contribution in [3.8, 4) is 0 Å². The topological polar surface area (TPSA) is 92.6 Å². The van der Waals surface area contributed by atoms with Crippen LogP contribution in [0.2, 0.25) is 0 Å². The van der Waals surface area contributed by atoms with Gasteiger partial charge in [0, 0.05) is 37.8 Å². The van der Waals surface area contributed by atoms with Crippen LogP contribution >= 0.6 is 11.3 Å². The molecule has 3 amide bonds. The Hall–Kier alpha value is -3.26. The molecule has 2 N–H and O–H groups in total. The number of fused-ring (bicyclic) bond motifs is 1. The van der Waals surface area contributed by atoms with E-state index in [0.29, 0.717) is 16.2 Å². The van der Waals surface area contributed by atoms with Crippen molar-refractivity contribution in [2.24, 2.45) is 12.0 Å². The summed E-state index contributed by atoms with van der Waals surface area (Å²) >= 11 is 1.41. The molecule has 0 radical (unpaired) electrons. The van der Waals surface area contributed by atoms with Gasteiger partial charge in [0.05, 0.1) is 10.2 Å². The molecule has 27 heavy (non-hydrogen) atoms. The van der Waals surface area contributed by atoms with Crippen LogP contribution in [0.25, 0.3) is 10.2 Å². The summed E-state index contributed by atoms with van der Waals surface area (Å²) in [4.78, 5) is 40.2. The molecule has 7 nitrogen and oxygen atoms in total. The number of rotatable bonds is 3. The SMILES string of the molecule is CC(=O)Nc1cc(NC(C)=O)cc(C(=O)N=c2sc3ccccc3n2C)c1. The van der Waals surface area contributed by atoms with Crippen molar-refractivity contribution < 1.29 is 14.4 Å². The minimum absolute atomic E-state index is 0.266. The van der Waals surface area contributed by atoms with Gasteiger partial charge in [-0.2, -0.15) is 4.99 Å². The largest absolute Gasteiger partial charge is 0.326 e. The van der Waals surface area contributed by atoms with Crippen LogP contribution in [-0.2, 0) is 16.6 Å². The Morgan fingerprint density at radius 2 is 1.56 bits per heavy atom. The number of carbonyl (C=O) groups is 3. The highest BCUT2D eigenvalue weighted by atomic mass is 32.1. The fourth-order valence-corrected chi connectivity index (χ4v) is 3.66. The molecule has 0 aliphatic rings. The molecule has 1 aromatic heterocycles. The van der Waals surface area contributed by atoms with Gasteiger partial charge in [-0.05, 0) is 30.3 Å². The summed E-state index contributed by atoms with van der Waals surface area (Å²) in [7, 11) is 1.85. The summed E-state index contributed by atoms with van der Waals surface area (Å²) in [6.45, 7) is 2.74. The number of hydrogen-bond donors (Lipinski definition) is 2. The third kappa shape index (κ3) is 4.29. The lowest BCUT2D eigenvalue weighted by Crippen LogP contribution is -2.14. The predicted molar refractivity (Wildman–Crippen MR) is 106 cm³/mol. The first kappa shape index (κ1) is 18.5. The smallest absolute Gasteiger partial charge is 0.279 e. The highest BCUT2D eigenvalue weighted by Gasteiger charge is 2.11. The van der Waals surface area contributed by atoms with Crippen LogP contribution in [-0.4, -0.2) is 22.3 Å². The molecule has 0 spiro atoms. The molecule has 8 heteroatoms. The van der Waals surface area contributed by atoms with Gasteiger partial charge in [-0.25, -0.2) is 0 Å². The molecule has 2 aromatic carbocycles. The predicted octanol–water partition coefficient (Wildman–Crippen LogP) is 2.90. The summed E-state index contributed by atoms with van der Waals surface area (Å²) in [5.41, 5.74) is 2.07. The number of aromatic nitrogens is 1. The zero-order valence-electron chi connectivity index (χ0n) is 15.1. The molecule has 3 rings (SSSR count). The van der Waals surface area contributed by atoms with Gasteiger partial charge in [0.15, 0.2) is 4.80 Å². The summed E-state index contributed by atoms with van der Waals surface area (Å²) in [6, 6.07) is 12.4.